The number of furan rings is 1. The van der Waals surface area contributed by atoms with Gasteiger partial charge in [-0.05, 0) is 55.0 Å². The van der Waals surface area contributed by atoms with E-state index in [2.05, 4.69) is 10.0 Å². The van der Waals surface area contributed by atoms with Crippen molar-refractivity contribution in [1.29, 1.82) is 0 Å². The number of carbonyl (C=O) groups is 1. The van der Waals surface area contributed by atoms with E-state index in [1.165, 1.54) is 24.5 Å². The maximum absolute atomic E-state index is 12.7. The Morgan fingerprint density at radius 2 is 1.93 bits per heavy atom. The lowest BCUT2D eigenvalue weighted by molar-refractivity contribution is 0.0948. The molecule has 0 saturated carbocycles. The molecule has 27 heavy (non-hydrogen) atoms. The van der Waals surface area contributed by atoms with Gasteiger partial charge in [-0.1, -0.05) is 23.7 Å². The van der Waals surface area contributed by atoms with E-state index in [1.807, 2.05) is 13.0 Å². The summed E-state index contributed by atoms with van der Waals surface area (Å²) in [5.41, 5.74) is 1.50. The number of benzene rings is 2. The Hall–Kier alpha value is -2.77. The number of anilines is 1. The van der Waals surface area contributed by atoms with E-state index in [1.54, 1.807) is 30.3 Å². The van der Waals surface area contributed by atoms with Gasteiger partial charge in [-0.2, -0.15) is 0 Å². The van der Waals surface area contributed by atoms with Crippen molar-refractivity contribution in [3.05, 3.63) is 82.8 Å². The molecule has 6 nitrogen and oxygen atoms in total. The molecule has 0 saturated heterocycles. The third-order valence-corrected chi connectivity index (χ3v) is 5.62. The zero-order valence-corrected chi connectivity index (χ0v) is 16.0. The van der Waals surface area contributed by atoms with Gasteiger partial charge in [-0.25, -0.2) is 8.42 Å². The second-order valence-electron chi connectivity index (χ2n) is 5.88. The molecule has 1 amide bonds. The third-order valence-electron chi connectivity index (χ3n) is 3.76. The molecule has 1 aromatic heterocycles. The normalized spacial score (nSPS) is 11.2. The molecule has 0 bridgehead atoms. The lowest BCUT2D eigenvalue weighted by Gasteiger charge is -2.11. The van der Waals surface area contributed by atoms with Crippen molar-refractivity contribution in [2.75, 3.05) is 4.72 Å². The average molecular weight is 405 g/mol. The van der Waals surface area contributed by atoms with Crippen LogP contribution >= 0.6 is 11.6 Å². The molecule has 0 aliphatic heterocycles. The van der Waals surface area contributed by atoms with Crippen LogP contribution in [0, 0.1) is 6.92 Å². The standard InChI is InChI=1S/C19H17ClN2O4S/c1-13-4-2-5-15(10-13)22-27(24,25)18-11-14(7-8-17(18)20)19(23)21-12-16-6-3-9-26-16/h2-11,22H,12H2,1H3,(H,21,23). The number of amides is 1. The van der Waals surface area contributed by atoms with E-state index in [0.717, 1.165) is 5.56 Å². The Morgan fingerprint density at radius 1 is 1.11 bits per heavy atom. The van der Waals surface area contributed by atoms with Gasteiger partial charge in [0.25, 0.3) is 15.9 Å². The van der Waals surface area contributed by atoms with E-state index < -0.39 is 15.9 Å². The second-order valence-corrected chi connectivity index (χ2v) is 7.94. The van der Waals surface area contributed by atoms with Crippen molar-refractivity contribution in [1.82, 2.24) is 5.32 Å². The fourth-order valence-electron chi connectivity index (χ4n) is 2.45. The van der Waals surface area contributed by atoms with Gasteiger partial charge in [0.1, 0.15) is 10.7 Å². The summed E-state index contributed by atoms with van der Waals surface area (Å²) in [7, 11) is -3.96. The van der Waals surface area contributed by atoms with Gasteiger partial charge in [0.15, 0.2) is 0 Å². The highest BCUT2D eigenvalue weighted by Gasteiger charge is 2.20. The van der Waals surface area contributed by atoms with Gasteiger partial charge in [0.05, 0.1) is 17.8 Å². The van der Waals surface area contributed by atoms with Crippen LogP contribution in [0.3, 0.4) is 0 Å². The molecule has 3 rings (SSSR count). The monoisotopic (exact) mass is 404 g/mol. The molecular weight excluding hydrogens is 388 g/mol. The van der Waals surface area contributed by atoms with E-state index in [4.69, 9.17) is 16.0 Å². The number of rotatable bonds is 6. The number of halogens is 1. The molecule has 8 heteroatoms. The van der Waals surface area contributed by atoms with Crippen molar-refractivity contribution in [3.8, 4) is 0 Å². The SMILES string of the molecule is Cc1cccc(NS(=O)(=O)c2cc(C(=O)NCc3ccco3)ccc2Cl)c1. The van der Waals surface area contributed by atoms with Gasteiger partial charge < -0.3 is 9.73 Å². The van der Waals surface area contributed by atoms with Crippen LogP contribution in [0.5, 0.6) is 0 Å². The fraction of sp³-hybridized carbons (Fsp3) is 0.105. The van der Waals surface area contributed by atoms with Crippen LogP contribution in [0.1, 0.15) is 21.7 Å². The first-order valence-electron chi connectivity index (χ1n) is 8.05. The average Bonchev–Trinajstić information content (AvgIpc) is 3.13. The Morgan fingerprint density at radius 3 is 2.63 bits per heavy atom. The van der Waals surface area contributed by atoms with Crippen molar-refractivity contribution in [2.24, 2.45) is 0 Å². The maximum Gasteiger partial charge on any atom is 0.263 e. The quantitative estimate of drug-likeness (QED) is 0.650. The topological polar surface area (TPSA) is 88.4 Å². The zero-order valence-electron chi connectivity index (χ0n) is 14.4. The molecule has 0 aliphatic rings. The smallest absolute Gasteiger partial charge is 0.263 e. The summed E-state index contributed by atoms with van der Waals surface area (Å²) >= 11 is 6.08. The van der Waals surface area contributed by atoms with Crippen molar-refractivity contribution < 1.29 is 17.6 Å². The fourth-order valence-corrected chi connectivity index (χ4v) is 4.03. The van der Waals surface area contributed by atoms with Gasteiger partial charge in [0.2, 0.25) is 0 Å². The number of nitrogens with one attached hydrogen (secondary N) is 2. The maximum atomic E-state index is 12.7. The summed E-state index contributed by atoms with van der Waals surface area (Å²) in [5.74, 6) is 0.154. The molecular formula is C19H17ClN2O4S. The highest BCUT2D eigenvalue weighted by molar-refractivity contribution is 7.92. The highest BCUT2D eigenvalue weighted by atomic mass is 35.5. The van der Waals surface area contributed by atoms with Crippen molar-refractivity contribution in [3.63, 3.8) is 0 Å². The first-order valence-corrected chi connectivity index (χ1v) is 9.91. The summed E-state index contributed by atoms with van der Waals surface area (Å²) in [4.78, 5) is 12.2. The summed E-state index contributed by atoms with van der Waals surface area (Å²) in [6, 6.07) is 14.5. The summed E-state index contributed by atoms with van der Waals surface area (Å²) in [6.45, 7) is 2.05. The number of aryl methyl sites for hydroxylation is 1. The highest BCUT2D eigenvalue weighted by Crippen LogP contribution is 2.25. The van der Waals surface area contributed by atoms with Crippen LogP contribution in [0.2, 0.25) is 5.02 Å². The van der Waals surface area contributed by atoms with Gasteiger partial charge in [-0.3, -0.25) is 9.52 Å². The van der Waals surface area contributed by atoms with E-state index in [-0.39, 0.29) is 22.0 Å². The summed E-state index contributed by atoms with van der Waals surface area (Å²) in [6.07, 6.45) is 1.51. The van der Waals surface area contributed by atoms with Crippen LogP contribution in [0.4, 0.5) is 5.69 Å². The zero-order chi connectivity index (χ0) is 19.4. The summed E-state index contributed by atoms with van der Waals surface area (Å²) in [5, 5.41) is 2.69. The van der Waals surface area contributed by atoms with Crippen LogP contribution in [-0.4, -0.2) is 14.3 Å². The Bertz CT molecular complexity index is 1060. The molecule has 0 spiro atoms. The number of sulfonamides is 1. The summed E-state index contributed by atoms with van der Waals surface area (Å²) < 4.78 is 33.1. The molecule has 1 heterocycles. The van der Waals surface area contributed by atoms with E-state index in [0.29, 0.717) is 11.4 Å². The largest absolute Gasteiger partial charge is 0.467 e. The second kappa shape index (κ2) is 7.85. The van der Waals surface area contributed by atoms with Crippen LogP contribution in [0.25, 0.3) is 0 Å². The molecule has 0 atom stereocenters. The van der Waals surface area contributed by atoms with Gasteiger partial charge in [-0.15, -0.1) is 0 Å². The van der Waals surface area contributed by atoms with Gasteiger partial charge >= 0.3 is 0 Å². The molecule has 140 valence electrons. The lowest BCUT2D eigenvalue weighted by Crippen LogP contribution is -2.23. The molecule has 2 N–H and O–H groups in total. The molecule has 0 aliphatic carbocycles. The Labute approximate surface area is 162 Å². The predicted octanol–water partition coefficient (Wildman–Crippen LogP) is 3.97. The predicted molar refractivity (Wildman–Crippen MR) is 103 cm³/mol. The lowest BCUT2D eigenvalue weighted by atomic mass is 10.2. The van der Waals surface area contributed by atoms with Crippen LogP contribution in [0.15, 0.2) is 70.2 Å². The molecule has 0 unspecified atom stereocenters. The van der Waals surface area contributed by atoms with Crippen LogP contribution in [-0.2, 0) is 16.6 Å². The first-order chi connectivity index (χ1) is 12.8. The third kappa shape index (κ3) is 4.69. The Kier molecular flexibility index (Phi) is 5.53. The van der Waals surface area contributed by atoms with Gasteiger partial charge in [0, 0.05) is 11.3 Å². The number of hydrogen-bond donors (Lipinski definition) is 2. The van der Waals surface area contributed by atoms with Crippen molar-refractivity contribution >= 4 is 33.2 Å². The minimum atomic E-state index is -3.96. The number of hydrogen-bond acceptors (Lipinski definition) is 4. The molecule has 0 fully saturated rings. The molecule has 0 radical (unpaired) electrons. The number of carbonyl (C=O) groups excluding carboxylic acids is 1. The minimum Gasteiger partial charge on any atom is -0.467 e. The first kappa shape index (κ1) is 19.0. The Balaban J connectivity index is 1.82. The van der Waals surface area contributed by atoms with E-state index >= 15 is 0 Å². The molecule has 2 aromatic carbocycles. The van der Waals surface area contributed by atoms with E-state index in [9.17, 15) is 13.2 Å². The molecule has 3 aromatic rings. The minimum absolute atomic E-state index is 0.0257. The van der Waals surface area contributed by atoms with Crippen LogP contribution < -0.4 is 10.0 Å². The van der Waals surface area contributed by atoms with Crippen molar-refractivity contribution in [2.45, 2.75) is 18.4 Å².